The maximum absolute atomic E-state index is 12.3. The Bertz CT molecular complexity index is 828. The molecule has 1 fully saturated rings. The Hall–Kier alpha value is -3.08. The fraction of sp³-hybridized carbons (Fsp3) is 0.273. The van der Waals surface area contributed by atoms with E-state index >= 15 is 0 Å². The van der Waals surface area contributed by atoms with E-state index in [1.807, 2.05) is 48.5 Å². The number of benzene rings is 2. The first-order valence-electron chi connectivity index (χ1n) is 9.28. The summed E-state index contributed by atoms with van der Waals surface area (Å²) in [5, 5.41) is 2.87. The molecular weight excluding hydrogens is 340 g/mol. The van der Waals surface area contributed by atoms with Crippen molar-refractivity contribution in [3.05, 3.63) is 60.2 Å². The molecule has 2 aromatic rings. The third-order valence-electron chi connectivity index (χ3n) is 4.31. The minimum Gasteiger partial charge on any atom is -0.494 e. The Labute approximate surface area is 159 Å². The molecular formula is C22H24N2O3. The van der Waals surface area contributed by atoms with Crippen LogP contribution in [0.1, 0.15) is 31.7 Å². The lowest BCUT2D eigenvalue weighted by atomic mass is 10.2. The number of carbonyl (C=O) groups is 2. The molecule has 0 bridgehead atoms. The second-order valence-corrected chi connectivity index (χ2v) is 6.41. The maximum atomic E-state index is 12.3. The molecule has 1 aliphatic rings. The van der Waals surface area contributed by atoms with Gasteiger partial charge in [0.15, 0.2) is 0 Å². The van der Waals surface area contributed by atoms with E-state index in [1.54, 1.807) is 11.0 Å². The summed E-state index contributed by atoms with van der Waals surface area (Å²) < 4.78 is 5.55. The van der Waals surface area contributed by atoms with E-state index in [-0.39, 0.29) is 11.8 Å². The lowest BCUT2D eigenvalue weighted by Gasteiger charge is -2.19. The first-order valence-corrected chi connectivity index (χ1v) is 9.28. The third-order valence-corrected chi connectivity index (χ3v) is 4.31. The fourth-order valence-corrected chi connectivity index (χ4v) is 2.96. The zero-order chi connectivity index (χ0) is 19.1. The molecule has 1 heterocycles. The maximum Gasteiger partial charge on any atom is 0.248 e. The minimum atomic E-state index is -0.236. The van der Waals surface area contributed by atoms with Gasteiger partial charge in [-0.25, -0.2) is 0 Å². The van der Waals surface area contributed by atoms with Crippen molar-refractivity contribution in [2.24, 2.45) is 0 Å². The molecule has 140 valence electrons. The van der Waals surface area contributed by atoms with Crippen LogP contribution in [0.3, 0.4) is 0 Å². The molecule has 0 atom stereocenters. The van der Waals surface area contributed by atoms with E-state index in [9.17, 15) is 9.59 Å². The van der Waals surface area contributed by atoms with Crippen molar-refractivity contribution in [1.29, 1.82) is 0 Å². The Morgan fingerprint density at radius 3 is 2.67 bits per heavy atom. The summed E-state index contributed by atoms with van der Waals surface area (Å²) in [5.74, 6) is 0.681. The monoisotopic (exact) mass is 364 g/mol. The largest absolute Gasteiger partial charge is 0.494 e. The van der Waals surface area contributed by atoms with Crippen LogP contribution >= 0.6 is 0 Å². The predicted octanol–water partition coefficient (Wildman–Crippen LogP) is 4.25. The number of hydrogen-bond donors (Lipinski definition) is 1. The lowest BCUT2D eigenvalue weighted by molar-refractivity contribution is -0.117. The van der Waals surface area contributed by atoms with Crippen LogP contribution in [-0.2, 0) is 9.59 Å². The van der Waals surface area contributed by atoms with Gasteiger partial charge >= 0.3 is 0 Å². The average molecular weight is 364 g/mol. The van der Waals surface area contributed by atoms with E-state index in [0.717, 1.165) is 29.8 Å². The average Bonchev–Trinajstić information content (AvgIpc) is 3.12. The number of ether oxygens (including phenoxy) is 1. The third kappa shape index (κ3) is 4.97. The zero-order valence-electron chi connectivity index (χ0n) is 15.5. The molecule has 5 nitrogen and oxygen atoms in total. The Morgan fingerprint density at radius 1 is 1.19 bits per heavy atom. The highest BCUT2D eigenvalue weighted by atomic mass is 16.5. The number of nitrogens with zero attached hydrogens (tertiary/aromatic N) is 1. The second-order valence-electron chi connectivity index (χ2n) is 6.41. The van der Waals surface area contributed by atoms with Crippen LogP contribution in [0.25, 0.3) is 6.08 Å². The normalized spacial score (nSPS) is 14.0. The van der Waals surface area contributed by atoms with Gasteiger partial charge in [-0.05, 0) is 48.7 Å². The van der Waals surface area contributed by atoms with E-state index in [2.05, 4.69) is 12.2 Å². The SMILES string of the molecule is CCCOc1ccc(/C=C/C(=O)Nc2ccccc2N2CCCC2=O)cc1. The van der Waals surface area contributed by atoms with Crippen LogP contribution in [0.5, 0.6) is 5.75 Å². The van der Waals surface area contributed by atoms with Gasteiger partial charge in [0.2, 0.25) is 11.8 Å². The van der Waals surface area contributed by atoms with Crippen LogP contribution < -0.4 is 15.0 Å². The molecule has 0 aromatic heterocycles. The standard InChI is InChI=1S/C22H24N2O3/c1-2-16-27-18-12-9-17(10-13-18)11-14-21(25)23-19-6-3-4-7-20(19)24-15-5-8-22(24)26/h3-4,6-7,9-14H,2,5,8,15-16H2,1H3,(H,23,25)/b14-11+. The first-order chi connectivity index (χ1) is 13.2. The smallest absolute Gasteiger partial charge is 0.248 e. The number of hydrogen-bond acceptors (Lipinski definition) is 3. The van der Waals surface area contributed by atoms with Gasteiger partial charge in [-0.1, -0.05) is 31.2 Å². The van der Waals surface area contributed by atoms with Crippen molar-refractivity contribution in [2.45, 2.75) is 26.2 Å². The number of anilines is 2. The Kier molecular flexibility index (Phi) is 6.26. The number of carbonyl (C=O) groups excluding carboxylic acids is 2. The van der Waals surface area contributed by atoms with Crippen molar-refractivity contribution in [3.8, 4) is 5.75 Å². The van der Waals surface area contributed by atoms with Crippen LogP contribution in [-0.4, -0.2) is 25.0 Å². The molecule has 0 radical (unpaired) electrons. The van der Waals surface area contributed by atoms with Gasteiger partial charge in [0.05, 0.1) is 18.0 Å². The highest BCUT2D eigenvalue weighted by molar-refractivity contribution is 6.06. The van der Waals surface area contributed by atoms with Crippen molar-refractivity contribution in [3.63, 3.8) is 0 Å². The van der Waals surface area contributed by atoms with E-state index in [1.165, 1.54) is 6.08 Å². The fourth-order valence-electron chi connectivity index (χ4n) is 2.96. The van der Waals surface area contributed by atoms with Gasteiger partial charge in [-0.3, -0.25) is 9.59 Å². The molecule has 5 heteroatoms. The summed E-state index contributed by atoms with van der Waals surface area (Å²) >= 11 is 0. The molecule has 3 rings (SSSR count). The molecule has 1 saturated heterocycles. The molecule has 2 amide bonds. The first kappa shape index (κ1) is 18.7. The highest BCUT2D eigenvalue weighted by Gasteiger charge is 2.23. The zero-order valence-corrected chi connectivity index (χ0v) is 15.5. The van der Waals surface area contributed by atoms with E-state index in [0.29, 0.717) is 25.3 Å². The summed E-state index contributed by atoms with van der Waals surface area (Å²) in [7, 11) is 0. The number of rotatable bonds is 7. The molecule has 27 heavy (non-hydrogen) atoms. The van der Waals surface area contributed by atoms with Gasteiger partial charge in [-0.15, -0.1) is 0 Å². The van der Waals surface area contributed by atoms with Crippen molar-refractivity contribution in [2.75, 3.05) is 23.4 Å². The van der Waals surface area contributed by atoms with Gasteiger partial charge in [0.25, 0.3) is 0 Å². The number of amides is 2. The van der Waals surface area contributed by atoms with Crippen molar-refractivity contribution >= 4 is 29.3 Å². The van der Waals surface area contributed by atoms with Crippen LogP contribution in [0.4, 0.5) is 11.4 Å². The van der Waals surface area contributed by atoms with E-state index < -0.39 is 0 Å². The molecule has 1 aliphatic heterocycles. The number of para-hydroxylation sites is 2. The van der Waals surface area contributed by atoms with Crippen LogP contribution in [0.2, 0.25) is 0 Å². The predicted molar refractivity (Wildman–Crippen MR) is 108 cm³/mol. The van der Waals surface area contributed by atoms with Crippen molar-refractivity contribution in [1.82, 2.24) is 0 Å². The Morgan fingerprint density at radius 2 is 1.96 bits per heavy atom. The molecule has 0 spiro atoms. The molecule has 1 N–H and O–H groups in total. The van der Waals surface area contributed by atoms with Crippen LogP contribution in [0, 0.1) is 0 Å². The quantitative estimate of drug-likeness (QED) is 0.747. The Balaban J connectivity index is 1.64. The van der Waals surface area contributed by atoms with Gasteiger partial charge in [0.1, 0.15) is 5.75 Å². The summed E-state index contributed by atoms with van der Waals surface area (Å²) in [5.41, 5.74) is 2.31. The van der Waals surface area contributed by atoms with E-state index in [4.69, 9.17) is 4.74 Å². The summed E-state index contributed by atoms with van der Waals surface area (Å²) in [6.45, 7) is 3.44. The van der Waals surface area contributed by atoms with Gasteiger partial charge in [0, 0.05) is 19.0 Å². The van der Waals surface area contributed by atoms with Gasteiger partial charge < -0.3 is 15.0 Å². The molecule has 0 saturated carbocycles. The minimum absolute atomic E-state index is 0.0950. The molecule has 0 aliphatic carbocycles. The lowest BCUT2D eigenvalue weighted by Crippen LogP contribution is -2.25. The summed E-state index contributed by atoms with van der Waals surface area (Å²) in [6, 6.07) is 15.0. The van der Waals surface area contributed by atoms with Crippen LogP contribution in [0.15, 0.2) is 54.6 Å². The topological polar surface area (TPSA) is 58.6 Å². The summed E-state index contributed by atoms with van der Waals surface area (Å²) in [6.07, 6.45) is 5.61. The molecule has 2 aromatic carbocycles. The van der Waals surface area contributed by atoms with Crippen molar-refractivity contribution < 1.29 is 14.3 Å². The molecule has 0 unspecified atom stereocenters. The number of nitrogens with one attached hydrogen (secondary N) is 1. The second kappa shape index (κ2) is 9.03. The summed E-state index contributed by atoms with van der Waals surface area (Å²) in [4.78, 5) is 26.1. The highest BCUT2D eigenvalue weighted by Crippen LogP contribution is 2.29. The van der Waals surface area contributed by atoms with Gasteiger partial charge in [-0.2, -0.15) is 0 Å².